The second-order valence-electron chi connectivity index (χ2n) is 3.19. The first kappa shape index (κ1) is 12.3. The Morgan fingerprint density at radius 1 is 1.43 bits per heavy atom. The number of rotatable bonds is 5. The standard InChI is InChI=1S/C7H12BrF2NO2S/c8-4-5-11(6-2-1-3-6)14(12,13)7(9)10/h6-7H,1-5H2. The molecular weight excluding hydrogens is 280 g/mol. The number of hydrogen-bond acceptors (Lipinski definition) is 2. The average molecular weight is 292 g/mol. The van der Waals surface area contributed by atoms with Crippen molar-refractivity contribution in [3.05, 3.63) is 0 Å². The molecule has 1 fully saturated rings. The van der Waals surface area contributed by atoms with Crippen molar-refractivity contribution in [3.8, 4) is 0 Å². The van der Waals surface area contributed by atoms with Crippen LogP contribution in [0.15, 0.2) is 0 Å². The van der Waals surface area contributed by atoms with Gasteiger partial charge in [-0.1, -0.05) is 22.4 Å². The van der Waals surface area contributed by atoms with E-state index in [0.717, 1.165) is 10.7 Å². The fourth-order valence-electron chi connectivity index (χ4n) is 1.38. The maximum Gasteiger partial charge on any atom is 0.350 e. The maximum atomic E-state index is 12.3. The molecule has 1 aliphatic rings. The molecule has 1 saturated carbocycles. The third-order valence-electron chi connectivity index (χ3n) is 2.34. The summed E-state index contributed by atoms with van der Waals surface area (Å²) in [6.07, 6.45) is 2.31. The number of sulfonamides is 1. The molecule has 0 unspecified atom stereocenters. The number of nitrogens with zero attached hydrogens (tertiary/aromatic N) is 1. The monoisotopic (exact) mass is 291 g/mol. The van der Waals surface area contributed by atoms with Crippen LogP contribution >= 0.6 is 15.9 Å². The van der Waals surface area contributed by atoms with Crippen LogP contribution in [0.2, 0.25) is 0 Å². The molecule has 0 aromatic rings. The summed E-state index contributed by atoms with van der Waals surface area (Å²) in [5.41, 5.74) is 0. The van der Waals surface area contributed by atoms with E-state index in [-0.39, 0.29) is 12.6 Å². The fourth-order valence-corrected chi connectivity index (χ4v) is 3.17. The summed E-state index contributed by atoms with van der Waals surface area (Å²) in [5, 5.41) is 0.384. The van der Waals surface area contributed by atoms with Gasteiger partial charge >= 0.3 is 5.76 Å². The van der Waals surface area contributed by atoms with Crippen LogP contribution in [0.1, 0.15) is 19.3 Å². The van der Waals surface area contributed by atoms with Gasteiger partial charge in [-0.2, -0.15) is 13.1 Å². The zero-order valence-corrected chi connectivity index (χ0v) is 9.90. The van der Waals surface area contributed by atoms with Crippen LogP contribution in [0.5, 0.6) is 0 Å². The van der Waals surface area contributed by atoms with Gasteiger partial charge in [-0.3, -0.25) is 0 Å². The highest BCUT2D eigenvalue weighted by Gasteiger charge is 2.38. The normalized spacial score (nSPS) is 18.9. The van der Waals surface area contributed by atoms with Gasteiger partial charge in [0.05, 0.1) is 0 Å². The van der Waals surface area contributed by atoms with Crippen LogP contribution in [0.3, 0.4) is 0 Å². The lowest BCUT2D eigenvalue weighted by molar-refractivity contribution is 0.184. The van der Waals surface area contributed by atoms with Crippen LogP contribution < -0.4 is 0 Å². The topological polar surface area (TPSA) is 37.4 Å². The third-order valence-corrected chi connectivity index (χ3v) is 4.28. The van der Waals surface area contributed by atoms with Crippen molar-refractivity contribution in [1.29, 1.82) is 0 Å². The summed E-state index contributed by atoms with van der Waals surface area (Å²) in [6.45, 7) is 0.122. The predicted octanol–water partition coefficient (Wildman–Crippen LogP) is 1.79. The molecule has 84 valence electrons. The van der Waals surface area contributed by atoms with Crippen molar-refractivity contribution in [1.82, 2.24) is 4.31 Å². The summed E-state index contributed by atoms with van der Waals surface area (Å²) >= 11 is 3.06. The Morgan fingerprint density at radius 2 is 2.00 bits per heavy atom. The number of halogens is 3. The van der Waals surface area contributed by atoms with Gasteiger partial charge in [0.15, 0.2) is 0 Å². The number of alkyl halides is 3. The van der Waals surface area contributed by atoms with E-state index in [1.165, 1.54) is 0 Å². The van der Waals surface area contributed by atoms with E-state index < -0.39 is 15.8 Å². The largest absolute Gasteiger partial charge is 0.350 e. The van der Waals surface area contributed by atoms with Crippen molar-refractivity contribution in [2.75, 3.05) is 11.9 Å². The van der Waals surface area contributed by atoms with Gasteiger partial charge in [0.2, 0.25) is 0 Å². The van der Waals surface area contributed by atoms with Gasteiger partial charge < -0.3 is 0 Å². The van der Waals surface area contributed by atoms with E-state index in [4.69, 9.17) is 0 Å². The zero-order chi connectivity index (χ0) is 10.8. The van der Waals surface area contributed by atoms with Gasteiger partial charge in [-0.25, -0.2) is 8.42 Å². The Labute approximate surface area is 90.6 Å². The quantitative estimate of drug-likeness (QED) is 0.724. The first-order valence-corrected chi connectivity index (χ1v) is 6.97. The molecule has 0 aromatic heterocycles. The molecule has 0 N–H and O–H groups in total. The lowest BCUT2D eigenvalue weighted by atomic mass is 9.93. The Morgan fingerprint density at radius 3 is 2.29 bits per heavy atom. The van der Waals surface area contributed by atoms with Crippen molar-refractivity contribution in [2.45, 2.75) is 31.1 Å². The molecule has 0 radical (unpaired) electrons. The van der Waals surface area contributed by atoms with Crippen molar-refractivity contribution < 1.29 is 17.2 Å². The zero-order valence-electron chi connectivity index (χ0n) is 7.50. The average Bonchev–Trinajstić information content (AvgIpc) is 2.00. The van der Waals surface area contributed by atoms with Gasteiger partial charge in [0.1, 0.15) is 0 Å². The molecule has 0 amide bonds. The third kappa shape index (κ3) is 2.43. The van der Waals surface area contributed by atoms with E-state index in [0.29, 0.717) is 18.2 Å². The summed E-state index contributed by atoms with van der Waals surface area (Å²) in [4.78, 5) is 0. The van der Waals surface area contributed by atoms with Crippen LogP contribution in [0, 0.1) is 0 Å². The Hall–Kier alpha value is 0.250. The van der Waals surface area contributed by atoms with Crippen molar-refractivity contribution in [3.63, 3.8) is 0 Å². The SMILES string of the molecule is O=S(=O)(C(F)F)N(CCBr)C1CCC1. The van der Waals surface area contributed by atoms with E-state index in [1.54, 1.807) is 0 Å². The van der Waals surface area contributed by atoms with Gasteiger partial charge in [0, 0.05) is 17.9 Å². The molecule has 0 saturated heterocycles. The molecule has 7 heteroatoms. The smallest absolute Gasteiger partial charge is 0.206 e. The minimum absolute atomic E-state index is 0.122. The second kappa shape index (κ2) is 4.85. The minimum atomic E-state index is -4.39. The first-order valence-electron chi connectivity index (χ1n) is 4.35. The van der Waals surface area contributed by atoms with Gasteiger partial charge in [-0.05, 0) is 12.8 Å². The van der Waals surface area contributed by atoms with Crippen molar-refractivity contribution in [2.24, 2.45) is 0 Å². The molecule has 14 heavy (non-hydrogen) atoms. The van der Waals surface area contributed by atoms with E-state index in [1.807, 2.05) is 0 Å². The predicted molar refractivity (Wildman–Crippen MR) is 53.1 cm³/mol. The molecule has 3 nitrogen and oxygen atoms in total. The molecule has 0 aliphatic heterocycles. The lowest BCUT2D eigenvalue weighted by Gasteiger charge is -2.35. The van der Waals surface area contributed by atoms with Crippen LogP contribution in [0.4, 0.5) is 8.78 Å². The van der Waals surface area contributed by atoms with Crippen LogP contribution in [0.25, 0.3) is 0 Å². The Balaban J connectivity index is 2.75. The Kier molecular flexibility index (Phi) is 4.27. The fraction of sp³-hybridized carbons (Fsp3) is 1.00. The summed E-state index contributed by atoms with van der Waals surface area (Å²) < 4.78 is 47.9. The molecular formula is C7H12BrF2NO2S. The number of hydrogen-bond donors (Lipinski definition) is 0. The Bertz CT molecular complexity index is 279. The molecule has 0 heterocycles. The van der Waals surface area contributed by atoms with Crippen LogP contribution in [-0.2, 0) is 10.0 Å². The highest BCUT2D eigenvalue weighted by molar-refractivity contribution is 9.09. The van der Waals surface area contributed by atoms with Crippen LogP contribution in [-0.4, -0.2) is 36.4 Å². The molecule has 0 spiro atoms. The highest BCUT2D eigenvalue weighted by atomic mass is 79.9. The molecule has 0 aromatic carbocycles. The van der Waals surface area contributed by atoms with E-state index in [2.05, 4.69) is 15.9 Å². The summed E-state index contributed by atoms with van der Waals surface area (Å²) in [7, 11) is -4.39. The molecule has 0 bridgehead atoms. The van der Waals surface area contributed by atoms with E-state index >= 15 is 0 Å². The van der Waals surface area contributed by atoms with Gasteiger partial charge in [-0.15, -0.1) is 0 Å². The lowest BCUT2D eigenvalue weighted by Crippen LogP contribution is -2.47. The van der Waals surface area contributed by atoms with E-state index in [9.17, 15) is 17.2 Å². The molecule has 0 atom stereocenters. The highest BCUT2D eigenvalue weighted by Crippen LogP contribution is 2.29. The summed E-state index contributed by atoms with van der Waals surface area (Å²) in [5.74, 6) is -3.30. The summed E-state index contributed by atoms with van der Waals surface area (Å²) in [6, 6.07) is -0.216. The minimum Gasteiger partial charge on any atom is -0.206 e. The van der Waals surface area contributed by atoms with Crippen molar-refractivity contribution >= 4 is 26.0 Å². The first-order chi connectivity index (χ1) is 6.50. The maximum absolute atomic E-state index is 12.3. The molecule has 1 rings (SSSR count). The second-order valence-corrected chi connectivity index (χ2v) is 5.84. The van der Waals surface area contributed by atoms with Gasteiger partial charge in [0.25, 0.3) is 10.0 Å². The molecule has 1 aliphatic carbocycles.